The number of carboxylic acid groups (broad SMARTS) is 1. The van der Waals surface area contributed by atoms with Gasteiger partial charge in [-0.3, -0.25) is 4.90 Å². The minimum atomic E-state index is -1.01. The predicted octanol–water partition coefficient (Wildman–Crippen LogP) is 4.74. The molecule has 2 aromatic rings. The first-order valence-electron chi connectivity index (χ1n) is 9.12. The number of halogens is 1. The van der Waals surface area contributed by atoms with Gasteiger partial charge in [-0.1, -0.05) is 0 Å². The van der Waals surface area contributed by atoms with Crippen LogP contribution in [0, 0.1) is 5.82 Å². The van der Waals surface area contributed by atoms with E-state index >= 15 is 0 Å². The molecule has 4 rings (SSSR count). The monoisotopic (exact) mass is 404 g/mol. The van der Waals surface area contributed by atoms with Gasteiger partial charge in [0.25, 0.3) is 0 Å². The third kappa shape index (κ3) is 3.70. The number of nitrogens with zero attached hydrogens (tertiary/aromatic N) is 1. The molecule has 8 heteroatoms. The summed E-state index contributed by atoms with van der Waals surface area (Å²) in [6.07, 6.45) is 0.605. The molecular weight excluding hydrogens is 383 g/mol. The van der Waals surface area contributed by atoms with Crippen LogP contribution in [0.2, 0.25) is 0 Å². The second-order valence-electron chi connectivity index (χ2n) is 6.81. The summed E-state index contributed by atoms with van der Waals surface area (Å²) in [6.45, 7) is 3.27. The molecule has 2 aliphatic heterocycles. The van der Waals surface area contributed by atoms with Crippen LogP contribution in [0.25, 0.3) is 5.70 Å². The largest absolute Gasteiger partial charge is 0.486 e. The SMILES string of the molecule is CC1=C(Nc2ccc(F)cc2O[C@@H]2CCCOC2)c2ccsc2CN1C(=O)O. The highest BCUT2D eigenvalue weighted by molar-refractivity contribution is 7.10. The molecule has 0 unspecified atom stereocenters. The molecule has 1 saturated heterocycles. The molecule has 1 atom stereocenters. The van der Waals surface area contributed by atoms with Crippen LogP contribution in [0.15, 0.2) is 35.3 Å². The molecule has 0 spiro atoms. The number of thiophene rings is 1. The highest BCUT2D eigenvalue weighted by atomic mass is 32.1. The van der Waals surface area contributed by atoms with E-state index in [9.17, 15) is 14.3 Å². The van der Waals surface area contributed by atoms with Crippen LogP contribution in [-0.4, -0.2) is 35.4 Å². The molecule has 0 bridgehead atoms. The lowest BCUT2D eigenvalue weighted by molar-refractivity contribution is 0.00763. The highest BCUT2D eigenvalue weighted by Crippen LogP contribution is 2.38. The summed E-state index contributed by atoms with van der Waals surface area (Å²) < 4.78 is 25.3. The smallest absolute Gasteiger partial charge is 0.411 e. The van der Waals surface area contributed by atoms with Crippen molar-refractivity contribution in [3.63, 3.8) is 0 Å². The van der Waals surface area contributed by atoms with E-state index in [2.05, 4.69) is 5.32 Å². The Morgan fingerprint density at radius 1 is 1.43 bits per heavy atom. The maximum absolute atomic E-state index is 13.9. The molecule has 1 aromatic heterocycles. The van der Waals surface area contributed by atoms with E-state index in [-0.39, 0.29) is 6.10 Å². The average Bonchev–Trinajstić information content (AvgIpc) is 3.14. The van der Waals surface area contributed by atoms with Crippen molar-refractivity contribution in [2.24, 2.45) is 0 Å². The van der Waals surface area contributed by atoms with E-state index in [0.717, 1.165) is 23.3 Å². The number of anilines is 1. The molecular formula is C20H21FN2O4S. The van der Waals surface area contributed by atoms with Crippen LogP contribution < -0.4 is 10.1 Å². The minimum Gasteiger partial charge on any atom is -0.486 e. The number of hydrogen-bond acceptors (Lipinski definition) is 5. The lowest BCUT2D eigenvalue weighted by Gasteiger charge is -2.30. The number of carbonyl (C=O) groups is 1. The third-order valence-electron chi connectivity index (χ3n) is 4.93. The quantitative estimate of drug-likeness (QED) is 0.770. The number of benzene rings is 1. The summed E-state index contributed by atoms with van der Waals surface area (Å²) in [5.74, 6) is -0.00460. The van der Waals surface area contributed by atoms with Crippen molar-refractivity contribution >= 4 is 28.8 Å². The van der Waals surface area contributed by atoms with Crippen molar-refractivity contribution in [2.75, 3.05) is 18.5 Å². The van der Waals surface area contributed by atoms with Crippen molar-refractivity contribution < 1.29 is 23.8 Å². The summed E-state index contributed by atoms with van der Waals surface area (Å²) in [6, 6.07) is 6.28. The fourth-order valence-electron chi connectivity index (χ4n) is 3.46. The molecule has 28 heavy (non-hydrogen) atoms. The van der Waals surface area contributed by atoms with Gasteiger partial charge in [-0.25, -0.2) is 9.18 Å². The van der Waals surface area contributed by atoms with Gasteiger partial charge in [0, 0.05) is 28.8 Å². The van der Waals surface area contributed by atoms with Crippen molar-refractivity contribution in [1.82, 2.24) is 4.90 Å². The Bertz CT molecular complexity index is 921. The van der Waals surface area contributed by atoms with Crippen LogP contribution in [0.4, 0.5) is 14.9 Å². The maximum atomic E-state index is 13.9. The molecule has 3 heterocycles. The van der Waals surface area contributed by atoms with Gasteiger partial charge >= 0.3 is 6.09 Å². The number of fused-ring (bicyclic) bond motifs is 1. The van der Waals surface area contributed by atoms with Crippen molar-refractivity contribution in [3.8, 4) is 5.75 Å². The van der Waals surface area contributed by atoms with Crippen molar-refractivity contribution in [1.29, 1.82) is 0 Å². The average molecular weight is 404 g/mol. The standard InChI is InChI=1S/C20H21FN2O4S/c1-12-19(15-6-8-28-18(15)10-23(12)20(24)25)22-16-5-4-13(21)9-17(16)27-14-3-2-7-26-11-14/h4-6,8-9,14,22H,2-3,7,10-11H2,1H3,(H,24,25)/t14-/m1/s1. The van der Waals surface area contributed by atoms with Crippen LogP contribution in [0.3, 0.4) is 0 Å². The van der Waals surface area contributed by atoms with Gasteiger partial charge in [-0.15, -0.1) is 11.3 Å². The number of rotatable bonds is 4. The Morgan fingerprint density at radius 3 is 3.04 bits per heavy atom. The molecule has 6 nitrogen and oxygen atoms in total. The van der Waals surface area contributed by atoms with E-state index in [0.29, 0.717) is 42.6 Å². The van der Waals surface area contributed by atoms with Crippen LogP contribution >= 0.6 is 11.3 Å². The fourth-order valence-corrected chi connectivity index (χ4v) is 4.33. The van der Waals surface area contributed by atoms with E-state index in [1.807, 2.05) is 11.4 Å². The summed E-state index contributed by atoms with van der Waals surface area (Å²) in [4.78, 5) is 13.9. The molecule has 0 aliphatic carbocycles. The van der Waals surface area contributed by atoms with Gasteiger partial charge in [0.1, 0.15) is 17.7 Å². The van der Waals surface area contributed by atoms with Gasteiger partial charge < -0.3 is 19.9 Å². The number of allylic oxidation sites excluding steroid dienone is 1. The lowest BCUT2D eigenvalue weighted by Crippen LogP contribution is -2.32. The van der Waals surface area contributed by atoms with Gasteiger partial charge in [-0.05, 0) is 43.3 Å². The number of hydrogen-bond donors (Lipinski definition) is 2. The van der Waals surface area contributed by atoms with E-state index in [1.165, 1.54) is 28.4 Å². The molecule has 0 radical (unpaired) electrons. The first kappa shape index (κ1) is 18.8. The predicted molar refractivity (Wildman–Crippen MR) is 105 cm³/mol. The first-order valence-corrected chi connectivity index (χ1v) is 10.00. The summed E-state index contributed by atoms with van der Waals surface area (Å²) in [5, 5.41) is 14.8. The number of nitrogens with one attached hydrogen (secondary N) is 1. The molecule has 1 fully saturated rings. The van der Waals surface area contributed by atoms with Gasteiger partial charge in [0.15, 0.2) is 0 Å². The van der Waals surface area contributed by atoms with E-state index in [1.54, 1.807) is 13.0 Å². The summed E-state index contributed by atoms with van der Waals surface area (Å²) >= 11 is 1.51. The third-order valence-corrected chi connectivity index (χ3v) is 5.84. The Labute approximate surface area is 166 Å². The lowest BCUT2D eigenvalue weighted by atomic mass is 10.1. The maximum Gasteiger partial charge on any atom is 0.411 e. The molecule has 2 N–H and O–H groups in total. The highest BCUT2D eigenvalue weighted by Gasteiger charge is 2.28. The minimum absolute atomic E-state index is 0.134. The van der Waals surface area contributed by atoms with Gasteiger partial charge in [0.05, 0.1) is 24.5 Å². The van der Waals surface area contributed by atoms with Gasteiger partial charge in [-0.2, -0.15) is 0 Å². The van der Waals surface area contributed by atoms with Crippen LogP contribution in [0.1, 0.15) is 30.2 Å². The first-order chi connectivity index (χ1) is 13.5. The Balaban J connectivity index is 1.67. The second kappa shape index (κ2) is 7.81. The normalized spacial score (nSPS) is 19.4. The molecule has 0 saturated carbocycles. The van der Waals surface area contributed by atoms with E-state index < -0.39 is 11.9 Å². The zero-order valence-electron chi connectivity index (χ0n) is 15.4. The zero-order valence-corrected chi connectivity index (χ0v) is 16.2. The van der Waals surface area contributed by atoms with Crippen molar-refractivity contribution in [2.45, 2.75) is 32.4 Å². The Hall–Kier alpha value is -2.58. The fraction of sp³-hybridized carbons (Fsp3) is 0.350. The van der Waals surface area contributed by atoms with E-state index in [4.69, 9.17) is 9.47 Å². The molecule has 148 valence electrons. The molecule has 1 amide bonds. The number of amides is 1. The van der Waals surface area contributed by atoms with Gasteiger partial charge in [0.2, 0.25) is 0 Å². The second-order valence-corrected chi connectivity index (χ2v) is 7.81. The Kier molecular flexibility index (Phi) is 5.23. The topological polar surface area (TPSA) is 71.0 Å². The zero-order chi connectivity index (χ0) is 19.7. The van der Waals surface area contributed by atoms with Crippen LogP contribution in [0.5, 0.6) is 5.75 Å². The van der Waals surface area contributed by atoms with Crippen LogP contribution in [-0.2, 0) is 11.3 Å². The molecule has 1 aromatic carbocycles. The summed E-state index contributed by atoms with van der Waals surface area (Å²) in [7, 11) is 0. The Morgan fingerprint density at radius 2 is 2.29 bits per heavy atom. The number of ether oxygens (including phenoxy) is 2. The van der Waals surface area contributed by atoms with Crippen molar-refractivity contribution in [3.05, 3.63) is 51.6 Å². The summed E-state index contributed by atoms with van der Waals surface area (Å²) in [5.41, 5.74) is 2.82. The molecule has 2 aliphatic rings.